The number of aryl methyl sites for hydroxylation is 1. The first-order chi connectivity index (χ1) is 14.5. The number of amides is 1. The Labute approximate surface area is 191 Å². The number of hydrogen-bond donors (Lipinski definition) is 1. The summed E-state index contributed by atoms with van der Waals surface area (Å²) in [6.07, 6.45) is 2.20. The maximum atomic E-state index is 11.8. The average molecular weight is 463 g/mol. The predicted molar refractivity (Wildman–Crippen MR) is 125 cm³/mol. The van der Waals surface area contributed by atoms with Gasteiger partial charge >= 0.3 is 0 Å². The molecule has 0 fully saturated rings. The highest BCUT2D eigenvalue weighted by Gasteiger charge is 2.17. The fourth-order valence-corrected chi connectivity index (χ4v) is 4.04. The highest BCUT2D eigenvalue weighted by atomic mass is 35.5. The van der Waals surface area contributed by atoms with E-state index in [1.807, 2.05) is 54.8 Å². The van der Waals surface area contributed by atoms with E-state index in [0.717, 1.165) is 47.4 Å². The van der Waals surface area contributed by atoms with E-state index in [1.54, 1.807) is 17.8 Å². The van der Waals surface area contributed by atoms with Crippen LogP contribution in [0.25, 0.3) is 17.1 Å². The molecule has 0 atom stereocenters. The number of benzene rings is 2. The molecule has 1 heterocycles. The van der Waals surface area contributed by atoms with Crippen molar-refractivity contribution in [2.75, 3.05) is 12.3 Å². The van der Waals surface area contributed by atoms with E-state index in [1.165, 1.54) is 5.56 Å². The molecule has 0 saturated heterocycles. The quantitative estimate of drug-likeness (QED) is 0.315. The summed E-state index contributed by atoms with van der Waals surface area (Å²) in [6.45, 7) is 4.81. The number of halogens is 2. The van der Waals surface area contributed by atoms with Crippen LogP contribution >= 0.6 is 35.0 Å². The van der Waals surface area contributed by atoms with Crippen LogP contribution in [0.1, 0.15) is 31.7 Å². The molecule has 0 spiro atoms. The molecule has 0 aliphatic rings. The number of rotatable bonds is 9. The van der Waals surface area contributed by atoms with Gasteiger partial charge in [-0.15, -0.1) is 10.2 Å². The van der Waals surface area contributed by atoms with Crippen molar-refractivity contribution in [1.82, 2.24) is 20.1 Å². The SMILES string of the molecule is CCCNC(=O)CCCSc1nnc(-c2ccc(C)cc2)n1-c1ccc(Cl)c(Cl)c1. The lowest BCUT2D eigenvalue weighted by atomic mass is 10.1. The van der Waals surface area contributed by atoms with Crippen LogP contribution in [0.5, 0.6) is 0 Å². The summed E-state index contributed by atoms with van der Waals surface area (Å²) < 4.78 is 1.98. The molecule has 30 heavy (non-hydrogen) atoms. The van der Waals surface area contributed by atoms with Crippen molar-refractivity contribution >= 4 is 40.9 Å². The normalized spacial score (nSPS) is 10.9. The smallest absolute Gasteiger partial charge is 0.220 e. The fourth-order valence-electron chi connectivity index (χ4n) is 2.86. The third kappa shape index (κ3) is 5.78. The average Bonchev–Trinajstić information content (AvgIpc) is 3.16. The van der Waals surface area contributed by atoms with Crippen LogP contribution in [-0.2, 0) is 4.79 Å². The molecule has 1 N–H and O–H groups in total. The lowest BCUT2D eigenvalue weighted by molar-refractivity contribution is -0.121. The maximum Gasteiger partial charge on any atom is 0.220 e. The molecule has 0 aliphatic heterocycles. The number of hydrogen-bond acceptors (Lipinski definition) is 4. The van der Waals surface area contributed by atoms with E-state index < -0.39 is 0 Å². The Morgan fingerprint density at radius 1 is 1.10 bits per heavy atom. The highest BCUT2D eigenvalue weighted by Crippen LogP contribution is 2.31. The largest absolute Gasteiger partial charge is 0.356 e. The first-order valence-corrected chi connectivity index (χ1v) is 11.6. The molecule has 0 bridgehead atoms. The Balaban J connectivity index is 1.83. The van der Waals surface area contributed by atoms with Gasteiger partial charge in [0.25, 0.3) is 0 Å². The summed E-state index contributed by atoms with van der Waals surface area (Å²) in [5, 5.41) is 13.5. The van der Waals surface area contributed by atoms with Crippen LogP contribution in [0.3, 0.4) is 0 Å². The molecular weight excluding hydrogens is 439 g/mol. The predicted octanol–water partition coefficient (Wildman–Crippen LogP) is 5.95. The van der Waals surface area contributed by atoms with Crippen molar-refractivity contribution < 1.29 is 4.79 Å². The molecule has 0 saturated carbocycles. The standard InChI is InChI=1S/C22H24Cl2N4OS/c1-3-12-25-20(29)5-4-13-30-22-27-26-21(16-8-6-15(2)7-9-16)28(22)17-10-11-18(23)19(24)14-17/h6-11,14H,3-5,12-13H2,1-2H3,(H,25,29). The Morgan fingerprint density at radius 3 is 2.57 bits per heavy atom. The first-order valence-electron chi connectivity index (χ1n) is 9.87. The van der Waals surface area contributed by atoms with Crippen molar-refractivity contribution in [2.24, 2.45) is 0 Å². The Bertz CT molecular complexity index is 1000. The highest BCUT2D eigenvalue weighted by molar-refractivity contribution is 7.99. The molecule has 1 amide bonds. The van der Waals surface area contributed by atoms with Gasteiger partial charge in [0.2, 0.25) is 5.91 Å². The molecule has 5 nitrogen and oxygen atoms in total. The Morgan fingerprint density at radius 2 is 1.87 bits per heavy atom. The molecule has 1 aromatic heterocycles. The third-order valence-corrected chi connectivity index (χ3v) is 6.21. The van der Waals surface area contributed by atoms with Crippen LogP contribution in [0, 0.1) is 6.92 Å². The molecule has 0 aliphatic carbocycles. The number of carbonyl (C=O) groups is 1. The summed E-state index contributed by atoms with van der Waals surface area (Å²) in [6, 6.07) is 13.6. The van der Waals surface area contributed by atoms with Crippen LogP contribution in [0.15, 0.2) is 47.6 Å². The minimum atomic E-state index is 0.0868. The molecule has 3 rings (SSSR count). The van der Waals surface area contributed by atoms with Gasteiger partial charge in [0.15, 0.2) is 11.0 Å². The van der Waals surface area contributed by atoms with Gasteiger partial charge < -0.3 is 5.32 Å². The van der Waals surface area contributed by atoms with Crippen LogP contribution < -0.4 is 5.32 Å². The molecular formula is C22H24Cl2N4OS. The number of thioether (sulfide) groups is 1. The van der Waals surface area contributed by atoms with Crippen molar-refractivity contribution in [3.8, 4) is 17.1 Å². The van der Waals surface area contributed by atoms with Gasteiger partial charge in [-0.1, -0.05) is 71.7 Å². The monoisotopic (exact) mass is 462 g/mol. The Hall–Kier alpha value is -2.02. The molecule has 0 unspecified atom stereocenters. The summed E-state index contributed by atoms with van der Waals surface area (Å²) >= 11 is 13.9. The van der Waals surface area contributed by atoms with Gasteiger partial charge in [0.05, 0.1) is 15.7 Å². The van der Waals surface area contributed by atoms with Gasteiger partial charge in [-0.05, 0) is 38.0 Å². The third-order valence-electron chi connectivity index (χ3n) is 4.46. The molecule has 0 radical (unpaired) electrons. The maximum absolute atomic E-state index is 11.8. The van der Waals surface area contributed by atoms with Crippen LogP contribution in [-0.4, -0.2) is 33.0 Å². The molecule has 3 aromatic rings. The zero-order valence-corrected chi connectivity index (χ0v) is 19.3. The van der Waals surface area contributed by atoms with E-state index >= 15 is 0 Å². The zero-order valence-electron chi connectivity index (χ0n) is 17.0. The van der Waals surface area contributed by atoms with Crippen molar-refractivity contribution in [2.45, 2.75) is 38.3 Å². The second-order valence-electron chi connectivity index (χ2n) is 6.91. The van der Waals surface area contributed by atoms with Crippen LogP contribution in [0.2, 0.25) is 10.0 Å². The van der Waals surface area contributed by atoms with Gasteiger partial charge in [0.1, 0.15) is 0 Å². The topological polar surface area (TPSA) is 59.8 Å². The summed E-state index contributed by atoms with van der Waals surface area (Å²) in [7, 11) is 0. The molecule has 2 aromatic carbocycles. The first kappa shape index (κ1) is 22.7. The van der Waals surface area contributed by atoms with E-state index in [2.05, 4.69) is 15.5 Å². The van der Waals surface area contributed by atoms with Gasteiger partial charge in [-0.3, -0.25) is 9.36 Å². The minimum Gasteiger partial charge on any atom is -0.356 e. The summed E-state index contributed by atoms with van der Waals surface area (Å²) in [4.78, 5) is 11.8. The molecule has 158 valence electrons. The summed E-state index contributed by atoms with van der Waals surface area (Å²) in [5.74, 6) is 1.58. The number of carbonyl (C=O) groups excluding carboxylic acids is 1. The van der Waals surface area contributed by atoms with Crippen molar-refractivity contribution in [3.05, 3.63) is 58.1 Å². The van der Waals surface area contributed by atoms with Gasteiger partial charge in [-0.25, -0.2) is 0 Å². The van der Waals surface area contributed by atoms with Gasteiger partial charge in [0, 0.05) is 24.3 Å². The van der Waals surface area contributed by atoms with E-state index in [9.17, 15) is 4.79 Å². The van der Waals surface area contributed by atoms with E-state index in [-0.39, 0.29) is 5.91 Å². The fraction of sp³-hybridized carbons (Fsp3) is 0.318. The zero-order chi connectivity index (χ0) is 21.5. The van der Waals surface area contributed by atoms with Crippen molar-refractivity contribution in [1.29, 1.82) is 0 Å². The lowest BCUT2D eigenvalue weighted by Crippen LogP contribution is -2.23. The Kier molecular flexibility index (Phi) is 8.19. The lowest BCUT2D eigenvalue weighted by Gasteiger charge is -2.11. The van der Waals surface area contributed by atoms with E-state index in [0.29, 0.717) is 16.5 Å². The van der Waals surface area contributed by atoms with Crippen LogP contribution in [0.4, 0.5) is 0 Å². The second kappa shape index (κ2) is 10.8. The van der Waals surface area contributed by atoms with Gasteiger partial charge in [-0.2, -0.15) is 0 Å². The second-order valence-corrected chi connectivity index (χ2v) is 8.78. The number of nitrogens with zero attached hydrogens (tertiary/aromatic N) is 3. The van der Waals surface area contributed by atoms with E-state index in [4.69, 9.17) is 23.2 Å². The molecule has 8 heteroatoms. The van der Waals surface area contributed by atoms with Crippen molar-refractivity contribution in [3.63, 3.8) is 0 Å². The number of nitrogens with one attached hydrogen (secondary N) is 1. The minimum absolute atomic E-state index is 0.0868. The summed E-state index contributed by atoms with van der Waals surface area (Å²) in [5.41, 5.74) is 2.98. The number of aromatic nitrogens is 3.